The van der Waals surface area contributed by atoms with E-state index in [1.807, 2.05) is 18.3 Å². The number of halogens is 1. The predicted molar refractivity (Wildman–Crippen MR) is 103 cm³/mol. The van der Waals surface area contributed by atoms with Gasteiger partial charge in [0.1, 0.15) is 5.82 Å². The van der Waals surface area contributed by atoms with Gasteiger partial charge in [0.25, 0.3) is 0 Å². The van der Waals surface area contributed by atoms with Crippen LogP contribution in [0.15, 0.2) is 42.6 Å². The molecule has 1 fully saturated rings. The maximum atomic E-state index is 13.5. The van der Waals surface area contributed by atoms with Crippen molar-refractivity contribution in [2.75, 3.05) is 13.1 Å². The molecule has 3 heterocycles. The Hall–Kier alpha value is -2.66. The molecule has 4 aromatic rings. The molecule has 0 unspecified atom stereocenters. The third-order valence-corrected chi connectivity index (χ3v) is 5.43. The van der Waals surface area contributed by atoms with Crippen molar-refractivity contribution in [1.82, 2.24) is 20.1 Å². The Kier molecular flexibility index (Phi) is 3.40. The SMILES string of the molecule is CC(C)c1c(C2CNC2)c2cc3[nH]ncc3cc2n1-c1ccc(F)cc1. The molecule has 1 saturated heterocycles. The molecule has 26 heavy (non-hydrogen) atoms. The van der Waals surface area contributed by atoms with E-state index in [0.717, 1.165) is 35.2 Å². The third kappa shape index (κ3) is 2.20. The molecule has 5 heteroatoms. The van der Waals surface area contributed by atoms with E-state index < -0.39 is 0 Å². The number of aromatic amines is 1. The van der Waals surface area contributed by atoms with Crippen LogP contribution < -0.4 is 5.32 Å². The van der Waals surface area contributed by atoms with Gasteiger partial charge >= 0.3 is 0 Å². The topological polar surface area (TPSA) is 45.6 Å². The molecule has 2 N–H and O–H groups in total. The second-order valence-corrected chi connectivity index (χ2v) is 7.45. The summed E-state index contributed by atoms with van der Waals surface area (Å²) in [4.78, 5) is 0. The van der Waals surface area contributed by atoms with Crippen molar-refractivity contribution in [3.63, 3.8) is 0 Å². The molecule has 2 aromatic heterocycles. The first-order chi connectivity index (χ1) is 12.6. The van der Waals surface area contributed by atoms with Crippen LogP contribution in [-0.4, -0.2) is 27.9 Å². The number of benzene rings is 2. The van der Waals surface area contributed by atoms with Crippen molar-refractivity contribution in [2.24, 2.45) is 0 Å². The van der Waals surface area contributed by atoms with Gasteiger partial charge < -0.3 is 9.88 Å². The number of nitrogens with zero attached hydrogens (tertiary/aromatic N) is 2. The fourth-order valence-corrected chi connectivity index (χ4v) is 4.13. The van der Waals surface area contributed by atoms with Crippen molar-refractivity contribution in [3.8, 4) is 5.69 Å². The lowest BCUT2D eigenvalue weighted by Gasteiger charge is -2.29. The minimum Gasteiger partial charge on any atom is -0.315 e. The van der Waals surface area contributed by atoms with Gasteiger partial charge in [-0.25, -0.2) is 4.39 Å². The summed E-state index contributed by atoms with van der Waals surface area (Å²) in [6.45, 7) is 6.47. The molecule has 132 valence electrons. The molecule has 1 aliphatic heterocycles. The lowest BCUT2D eigenvalue weighted by atomic mass is 9.88. The van der Waals surface area contributed by atoms with E-state index in [1.165, 1.54) is 28.8 Å². The van der Waals surface area contributed by atoms with Gasteiger partial charge in [0.2, 0.25) is 0 Å². The van der Waals surface area contributed by atoms with Gasteiger partial charge in [-0.2, -0.15) is 5.10 Å². The normalized spacial score (nSPS) is 15.2. The van der Waals surface area contributed by atoms with Crippen molar-refractivity contribution in [2.45, 2.75) is 25.7 Å². The lowest BCUT2D eigenvalue weighted by Crippen LogP contribution is -2.40. The fourth-order valence-electron chi connectivity index (χ4n) is 4.13. The van der Waals surface area contributed by atoms with E-state index in [1.54, 1.807) is 0 Å². The molecule has 2 aromatic carbocycles. The maximum Gasteiger partial charge on any atom is 0.123 e. The van der Waals surface area contributed by atoms with Crippen LogP contribution in [0.5, 0.6) is 0 Å². The number of hydrogen-bond donors (Lipinski definition) is 2. The average Bonchev–Trinajstić information content (AvgIpc) is 3.15. The zero-order chi connectivity index (χ0) is 17.8. The highest BCUT2D eigenvalue weighted by molar-refractivity contribution is 5.99. The van der Waals surface area contributed by atoms with E-state index in [-0.39, 0.29) is 5.82 Å². The number of hydrogen-bond acceptors (Lipinski definition) is 2. The second kappa shape index (κ2) is 5.68. The van der Waals surface area contributed by atoms with Crippen molar-refractivity contribution < 1.29 is 4.39 Å². The Bertz CT molecular complexity index is 1100. The Labute approximate surface area is 151 Å². The van der Waals surface area contributed by atoms with Crippen LogP contribution in [-0.2, 0) is 0 Å². The quantitative estimate of drug-likeness (QED) is 0.574. The molecule has 0 bridgehead atoms. The third-order valence-electron chi connectivity index (χ3n) is 5.43. The fraction of sp³-hybridized carbons (Fsp3) is 0.286. The number of fused-ring (bicyclic) bond motifs is 2. The zero-order valence-electron chi connectivity index (χ0n) is 14.9. The summed E-state index contributed by atoms with van der Waals surface area (Å²) in [5.74, 6) is 0.661. The summed E-state index contributed by atoms with van der Waals surface area (Å²) in [6, 6.07) is 11.2. The first-order valence-electron chi connectivity index (χ1n) is 9.11. The molecular weight excluding hydrogens is 327 g/mol. The van der Waals surface area contributed by atoms with Crippen LogP contribution in [0.25, 0.3) is 27.5 Å². The summed E-state index contributed by atoms with van der Waals surface area (Å²) >= 11 is 0. The average molecular weight is 348 g/mol. The predicted octanol–water partition coefficient (Wildman–Crippen LogP) is 4.46. The molecule has 0 atom stereocenters. The van der Waals surface area contributed by atoms with Crippen LogP contribution in [0.4, 0.5) is 4.39 Å². The van der Waals surface area contributed by atoms with Gasteiger partial charge in [-0.3, -0.25) is 5.10 Å². The Morgan fingerprint density at radius 3 is 2.58 bits per heavy atom. The molecule has 1 aliphatic rings. The van der Waals surface area contributed by atoms with E-state index in [0.29, 0.717) is 11.8 Å². The minimum atomic E-state index is -0.211. The van der Waals surface area contributed by atoms with Crippen LogP contribution in [0, 0.1) is 5.82 Å². The van der Waals surface area contributed by atoms with Gasteiger partial charge in [-0.15, -0.1) is 0 Å². The maximum absolute atomic E-state index is 13.5. The zero-order valence-corrected chi connectivity index (χ0v) is 14.9. The second-order valence-electron chi connectivity index (χ2n) is 7.45. The van der Waals surface area contributed by atoms with Gasteiger partial charge in [0, 0.05) is 41.2 Å². The Balaban J connectivity index is 1.91. The molecule has 0 saturated carbocycles. The highest BCUT2D eigenvalue weighted by Gasteiger charge is 2.30. The van der Waals surface area contributed by atoms with Crippen molar-refractivity contribution in [3.05, 3.63) is 59.7 Å². The van der Waals surface area contributed by atoms with E-state index in [2.05, 4.69) is 46.1 Å². The summed E-state index contributed by atoms with van der Waals surface area (Å²) in [7, 11) is 0. The first-order valence-corrected chi connectivity index (χ1v) is 9.11. The molecule has 0 radical (unpaired) electrons. The minimum absolute atomic E-state index is 0.211. The van der Waals surface area contributed by atoms with Crippen LogP contribution in [0.2, 0.25) is 0 Å². The summed E-state index contributed by atoms with van der Waals surface area (Å²) in [5, 5.41) is 13.0. The molecule has 0 spiro atoms. The number of aromatic nitrogens is 3. The Morgan fingerprint density at radius 1 is 1.15 bits per heavy atom. The van der Waals surface area contributed by atoms with Gasteiger partial charge in [-0.05, 0) is 47.9 Å². The Morgan fingerprint density at radius 2 is 1.92 bits per heavy atom. The number of H-pyrrole nitrogens is 1. The molecular formula is C21H21FN4. The van der Waals surface area contributed by atoms with Gasteiger partial charge in [-0.1, -0.05) is 13.8 Å². The smallest absolute Gasteiger partial charge is 0.123 e. The van der Waals surface area contributed by atoms with Gasteiger partial charge in [0.15, 0.2) is 0 Å². The summed E-state index contributed by atoms with van der Waals surface area (Å²) in [6.07, 6.45) is 1.86. The van der Waals surface area contributed by atoms with Crippen molar-refractivity contribution in [1.29, 1.82) is 0 Å². The van der Waals surface area contributed by atoms with Crippen molar-refractivity contribution >= 4 is 21.8 Å². The molecule has 4 nitrogen and oxygen atoms in total. The monoisotopic (exact) mass is 348 g/mol. The standard InChI is InChI=1S/C21H21FN4/c1-12(2)21-20(14-9-23-10-14)17-8-18-13(11-24-25-18)7-19(17)26(21)16-5-3-15(22)4-6-16/h3-8,11-12,14,23H,9-10H2,1-2H3,(H,24,25). The number of rotatable bonds is 3. The molecule has 0 aliphatic carbocycles. The summed E-state index contributed by atoms with van der Waals surface area (Å²) < 4.78 is 15.8. The highest BCUT2D eigenvalue weighted by atomic mass is 19.1. The molecule has 0 amide bonds. The van der Waals surface area contributed by atoms with Crippen LogP contribution in [0.1, 0.15) is 36.9 Å². The van der Waals surface area contributed by atoms with Gasteiger partial charge in [0.05, 0.1) is 17.2 Å². The molecule has 5 rings (SSSR count). The van der Waals surface area contributed by atoms with E-state index >= 15 is 0 Å². The largest absolute Gasteiger partial charge is 0.315 e. The number of nitrogens with one attached hydrogen (secondary N) is 2. The van der Waals surface area contributed by atoms with Crippen LogP contribution in [0.3, 0.4) is 0 Å². The lowest BCUT2D eigenvalue weighted by molar-refractivity contribution is 0.446. The van der Waals surface area contributed by atoms with Crippen LogP contribution >= 0.6 is 0 Å². The van der Waals surface area contributed by atoms with E-state index in [4.69, 9.17) is 0 Å². The van der Waals surface area contributed by atoms with E-state index in [9.17, 15) is 4.39 Å². The summed E-state index contributed by atoms with van der Waals surface area (Å²) in [5.41, 5.74) is 5.95. The first kappa shape index (κ1) is 15.6. The highest BCUT2D eigenvalue weighted by Crippen LogP contribution is 2.40.